The minimum absolute atomic E-state index is 0. The standard InChI is InChI=1S/C20H20Cl2N4.2ClH/c21-16-8-4-9-17(22)20(16)25-24-19-15-7-2-1-5-14(15)6-3-10-18(19)26-12-11-23-13-26;;/h1-2,4-5,7-9,11-13,18-19,24-25H,3,6,10H2;2*1H. The molecule has 0 saturated carbocycles. The molecule has 1 aliphatic carbocycles. The third-order valence-electron chi connectivity index (χ3n) is 4.94. The molecule has 1 aromatic heterocycles. The van der Waals surface area contributed by atoms with Crippen LogP contribution in [0.2, 0.25) is 10.0 Å². The van der Waals surface area contributed by atoms with E-state index in [0.29, 0.717) is 15.7 Å². The molecule has 0 bridgehead atoms. The molecular formula is C20H22Cl4N4. The Bertz CT molecular complexity index is 865. The number of nitrogens with one attached hydrogen (secondary N) is 2. The molecule has 8 heteroatoms. The Morgan fingerprint density at radius 2 is 1.75 bits per heavy atom. The normalized spacial score (nSPS) is 18.2. The maximum atomic E-state index is 6.31. The number of imidazole rings is 1. The van der Waals surface area contributed by atoms with Gasteiger partial charge >= 0.3 is 0 Å². The SMILES string of the molecule is Cl.Cl.Clc1cccc(Cl)c1NNC1c2ccccc2CCCC1n1ccnc1. The molecule has 0 amide bonds. The Labute approximate surface area is 187 Å². The van der Waals surface area contributed by atoms with E-state index >= 15 is 0 Å². The summed E-state index contributed by atoms with van der Waals surface area (Å²) in [6, 6.07) is 14.4. The van der Waals surface area contributed by atoms with Gasteiger partial charge in [0.25, 0.3) is 0 Å². The molecule has 0 spiro atoms. The van der Waals surface area contributed by atoms with Gasteiger partial charge in [0.1, 0.15) is 0 Å². The number of hydrazine groups is 1. The highest BCUT2D eigenvalue weighted by Gasteiger charge is 2.29. The number of rotatable bonds is 4. The largest absolute Gasteiger partial charge is 0.332 e. The van der Waals surface area contributed by atoms with Gasteiger partial charge in [-0.15, -0.1) is 24.8 Å². The van der Waals surface area contributed by atoms with Crippen LogP contribution in [-0.2, 0) is 6.42 Å². The Hall–Kier alpha value is -1.43. The predicted molar refractivity (Wildman–Crippen MR) is 121 cm³/mol. The molecular weight excluding hydrogens is 438 g/mol. The van der Waals surface area contributed by atoms with Crippen molar-refractivity contribution in [1.29, 1.82) is 0 Å². The third-order valence-corrected chi connectivity index (χ3v) is 5.57. The molecule has 4 rings (SSSR count). The molecule has 4 nitrogen and oxygen atoms in total. The summed E-state index contributed by atoms with van der Waals surface area (Å²) in [4.78, 5) is 4.24. The number of nitrogens with zero attached hydrogens (tertiary/aromatic N) is 2. The number of halogens is 4. The van der Waals surface area contributed by atoms with Crippen LogP contribution in [0.4, 0.5) is 5.69 Å². The van der Waals surface area contributed by atoms with Crippen LogP contribution in [0.5, 0.6) is 0 Å². The fraction of sp³-hybridized carbons (Fsp3) is 0.250. The number of fused-ring (bicyclic) bond motifs is 1. The lowest BCUT2D eigenvalue weighted by atomic mass is 9.96. The number of hydrogen-bond donors (Lipinski definition) is 2. The van der Waals surface area contributed by atoms with Gasteiger partial charge in [-0.05, 0) is 42.5 Å². The zero-order valence-corrected chi connectivity index (χ0v) is 18.2. The highest BCUT2D eigenvalue weighted by atomic mass is 35.5. The van der Waals surface area contributed by atoms with E-state index in [9.17, 15) is 0 Å². The fourth-order valence-electron chi connectivity index (χ4n) is 3.67. The molecule has 150 valence electrons. The number of para-hydroxylation sites is 1. The van der Waals surface area contributed by atoms with Crippen molar-refractivity contribution in [3.05, 3.63) is 82.4 Å². The lowest BCUT2D eigenvalue weighted by Gasteiger charge is -2.29. The molecule has 28 heavy (non-hydrogen) atoms. The van der Waals surface area contributed by atoms with E-state index in [2.05, 4.69) is 44.7 Å². The van der Waals surface area contributed by atoms with Crippen LogP contribution in [0.1, 0.15) is 36.1 Å². The average molecular weight is 460 g/mol. The first-order valence-corrected chi connectivity index (χ1v) is 9.50. The fourth-order valence-corrected chi connectivity index (χ4v) is 4.16. The quantitative estimate of drug-likeness (QED) is 0.356. The second-order valence-corrected chi connectivity index (χ2v) is 7.33. The van der Waals surface area contributed by atoms with Gasteiger partial charge in [-0.2, -0.15) is 0 Å². The van der Waals surface area contributed by atoms with Crippen molar-refractivity contribution < 1.29 is 0 Å². The summed E-state index contributed by atoms with van der Waals surface area (Å²) in [5, 5.41) is 1.18. The summed E-state index contributed by atoms with van der Waals surface area (Å²) < 4.78 is 2.18. The number of aryl methyl sites for hydroxylation is 1. The first kappa shape index (κ1) is 22.9. The van der Waals surface area contributed by atoms with Crippen molar-refractivity contribution in [1.82, 2.24) is 15.0 Å². The molecule has 0 radical (unpaired) electrons. The van der Waals surface area contributed by atoms with E-state index in [1.165, 1.54) is 11.1 Å². The minimum atomic E-state index is 0. The monoisotopic (exact) mass is 458 g/mol. The summed E-state index contributed by atoms with van der Waals surface area (Å²) in [5.74, 6) is 0. The average Bonchev–Trinajstić information content (AvgIpc) is 3.11. The van der Waals surface area contributed by atoms with Crippen LogP contribution in [0.3, 0.4) is 0 Å². The topological polar surface area (TPSA) is 41.9 Å². The molecule has 2 aromatic carbocycles. The summed E-state index contributed by atoms with van der Waals surface area (Å²) in [6.45, 7) is 0. The predicted octanol–water partition coefficient (Wildman–Crippen LogP) is 6.27. The molecule has 2 atom stereocenters. The van der Waals surface area contributed by atoms with Gasteiger partial charge in [0.15, 0.2) is 0 Å². The van der Waals surface area contributed by atoms with Crippen LogP contribution in [0, 0.1) is 0 Å². The van der Waals surface area contributed by atoms with Crippen LogP contribution < -0.4 is 10.9 Å². The highest BCUT2D eigenvalue weighted by Crippen LogP contribution is 2.37. The molecule has 0 fully saturated rings. The van der Waals surface area contributed by atoms with Crippen molar-refractivity contribution in [3.8, 4) is 0 Å². The van der Waals surface area contributed by atoms with Crippen LogP contribution >= 0.6 is 48.0 Å². The summed E-state index contributed by atoms with van der Waals surface area (Å²) >= 11 is 12.6. The van der Waals surface area contributed by atoms with E-state index in [1.54, 1.807) is 0 Å². The van der Waals surface area contributed by atoms with Gasteiger partial charge < -0.3 is 9.99 Å². The van der Waals surface area contributed by atoms with Crippen molar-refractivity contribution in [3.63, 3.8) is 0 Å². The second kappa shape index (κ2) is 10.4. The second-order valence-electron chi connectivity index (χ2n) is 6.51. The van der Waals surface area contributed by atoms with Crippen molar-refractivity contribution in [2.45, 2.75) is 31.3 Å². The number of hydrogen-bond acceptors (Lipinski definition) is 3. The van der Waals surface area contributed by atoms with Gasteiger partial charge in [0.2, 0.25) is 0 Å². The maximum absolute atomic E-state index is 6.31. The highest BCUT2D eigenvalue weighted by molar-refractivity contribution is 6.39. The molecule has 0 saturated heterocycles. The third kappa shape index (κ3) is 4.76. The Kier molecular flexibility index (Phi) is 8.47. The molecule has 0 aliphatic heterocycles. The van der Waals surface area contributed by atoms with Gasteiger partial charge in [0.05, 0.1) is 34.1 Å². The van der Waals surface area contributed by atoms with E-state index in [0.717, 1.165) is 19.3 Å². The van der Waals surface area contributed by atoms with Gasteiger partial charge in [-0.1, -0.05) is 53.5 Å². The Balaban J connectivity index is 0.00000140. The lowest BCUT2D eigenvalue weighted by molar-refractivity contribution is 0.353. The summed E-state index contributed by atoms with van der Waals surface area (Å²) in [6.07, 6.45) is 9.00. The van der Waals surface area contributed by atoms with E-state index in [1.807, 2.05) is 36.9 Å². The van der Waals surface area contributed by atoms with Crippen molar-refractivity contribution in [2.75, 3.05) is 5.43 Å². The van der Waals surface area contributed by atoms with Gasteiger partial charge in [-0.3, -0.25) is 0 Å². The Morgan fingerprint density at radius 3 is 2.46 bits per heavy atom. The van der Waals surface area contributed by atoms with Crippen molar-refractivity contribution >= 4 is 53.7 Å². The maximum Gasteiger partial charge on any atom is 0.0949 e. The molecule has 1 heterocycles. The lowest BCUT2D eigenvalue weighted by Crippen LogP contribution is -2.34. The molecule has 1 aliphatic rings. The van der Waals surface area contributed by atoms with Gasteiger partial charge in [-0.25, -0.2) is 10.4 Å². The summed E-state index contributed by atoms with van der Waals surface area (Å²) in [5.41, 5.74) is 10.1. The molecule has 2 N–H and O–H groups in total. The van der Waals surface area contributed by atoms with Crippen molar-refractivity contribution in [2.24, 2.45) is 0 Å². The summed E-state index contributed by atoms with van der Waals surface area (Å²) in [7, 11) is 0. The molecule has 3 aromatic rings. The van der Waals surface area contributed by atoms with Crippen LogP contribution in [0.25, 0.3) is 0 Å². The molecule has 2 unspecified atom stereocenters. The zero-order chi connectivity index (χ0) is 17.9. The smallest absolute Gasteiger partial charge is 0.0949 e. The minimum Gasteiger partial charge on any atom is -0.332 e. The van der Waals surface area contributed by atoms with Crippen LogP contribution in [0.15, 0.2) is 61.2 Å². The zero-order valence-electron chi connectivity index (χ0n) is 15.0. The first-order valence-electron chi connectivity index (χ1n) is 8.75. The number of anilines is 1. The van der Waals surface area contributed by atoms with E-state index < -0.39 is 0 Å². The van der Waals surface area contributed by atoms with E-state index in [-0.39, 0.29) is 36.9 Å². The van der Waals surface area contributed by atoms with E-state index in [4.69, 9.17) is 23.2 Å². The first-order chi connectivity index (χ1) is 12.7. The number of benzene rings is 2. The van der Waals surface area contributed by atoms with Gasteiger partial charge in [0, 0.05) is 12.4 Å². The number of aromatic nitrogens is 2. The van der Waals surface area contributed by atoms with Crippen LogP contribution in [-0.4, -0.2) is 9.55 Å². The Morgan fingerprint density at radius 1 is 1.00 bits per heavy atom.